The topological polar surface area (TPSA) is 58.6 Å². The first-order valence-electron chi connectivity index (χ1n) is 7.85. The van der Waals surface area contributed by atoms with Gasteiger partial charge in [-0.2, -0.15) is 0 Å². The van der Waals surface area contributed by atoms with Gasteiger partial charge in [0.25, 0.3) is 5.91 Å². The average molecular weight is 324 g/mol. The summed E-state index contributed by atoms with van der Waals surface area (Å²) in [7, 11) is 0. The second-order valence-electron chi connectivity index (χ2n) is 6.11. The number of carbonyl (C=O) groups is 2. The van der Waals surface area contributed by atoms with E-state index in [1.807, 2.05) is 57.2 Å². The van der Waals surface area contributed by atoms with Gasteiger partial charge in [0, 0.05) is 5.69 Å². The van der Waals surface area contributed by atoms with Crippen LogP contribution in [-0.2, 0) is 9.59 Å². The molecule has 0 saturated heterocycles. The molecule has 2 aromatic rings. The molecule has 0 aliphatic carbocycles. The SMILES string of the molecule is Cc1ccc(C)c(NC(=O)CN2C(=O)COc3ccc(C)cc32)c1. The summed E-state index contributed by atoms with van der Waals surface area (Å²) in [6.07, 6.45) is 0. The van der Waals surface area contributed by atoms with E-state index in [-0.39, 0.29) is 25.0 Å². The predicted molar refractivity (Wildman–Crippen MR) is 93.6 cm³/mol. The van der Waals surface area contributed by atoms with Gasteiger partial charge in [-0.25, -0.2) is 0 Å². The van der Waals surface area contributed by atoms with Gasteiger partial charge in [0.05, 0.1) is 5.69 Å². The molecule has 0 radical (unpaired) electrons. The summed E-state index contributed by atoms with van der Waals surface area (Å²) in [6.45, 7) is 5.76. The molecule has 0 saturated carbocycles. The van der Waals surface area contributed by atoms with E-state index in [9.17, 15) is 9.59 Å². The minimum Gasteiger partial charge on any atom is -0.482 e. The van der Waals surface area contributed by atoms with Crippen LogP contribution in [0.2, 0.25) is 0 Å². The average Bonchev–Trinajstić information content (AvgIpc) is 2.54. The van der Waals surface area contributed by atoms with Gasteiger partial charge >= 0.3 is 0 Å². The zero-order valence-corrected chi connectivity index (χ0v) is 14.1. The van der Waals surface area contributed by atoms with Crippen molar-refractivity contribution in [2.75, 3.05) is 23.4 Å². The Balaban J connectivity index is 1.80. The molecule has 2 amide bonds. The molecule has 0 bridgehead atoms. The number of ether oxygens (including phenoxy) is 1. The van der Waals surface area contributed by atoms with Gasteiger partial charge < -0.3 is 10.1 Å². The fourth-order valence-corrected chi connectivity index (χ4v) is 2.69. The fraction of sp³-hybridized carbons (Fsp3) is 0.263. The van der Waals surface area contributed by atoms with E-state index in [2.05, 4.69) is 5.32 Å². The number of nitrogens with one attached hydrogen (secondary N) is 1. The maximum Gasteiger partial charge on any atom is 0.265 e. The van der Waals surface area contributed by atoms with Gasteiger partial charge in [-0.15, -0.1) is 0 Å². The van der Waals surface area contributed by atoms with Crippen LogP contribution >= 0.6 is 0 Å². The maximum absolute atomic E-state index is 12.4. The second-order valence-corrected chi connectivity index (χ2v) is 6.11. The molecule has 5 nitrogen and oxygen atoms in total. The minimum atomic E-state index is -0.230. The van der Waals surface area contributed by atoms with Crippen molar-refractivity contribution in [2.45, 2.75) is 20.8 Å². The van der Waals surface area contributed by atoms with Crippen LogP contribution in [0.3, 0.4) is 0 Å². The van der Waals surface area contributed by atoms with Crippen molar-refractivity contribution in [3.63, 3.8) is 0 Å². The number of anilines is 2. The zero-order chi connectivity index (χ0) is 17.3. The normalized spacial score (nSPS) is 13.3. The number of hydrogen-bond acceptors (Lipinski definition) is 3. The number of hydrogen-bond donors (Lipinski definition) is 1. The highest BCUT2D eigenvalue weighted by Crippen LogP contribution is 2.32. The van der Waals surface area contributed by atoms with E-state index in [0.717, 1.165) is 22.4 Å². The van der Waals surface area contributed by atoms with Crippen LogP contribution in [0.1, 0.15) is 16.7 Å². The Labute approximate surface area is 141 Å². The number of fused-ring (bicyclic) bond motifs is 1. The Morgan fingerprint density at radius 3 is 2.62 bits per heavy atom. The first-order valence-corrected chi connectivity index (χ1v) is 7.85. The fourth-order valence-electron chi connectivity index (χ4n) is 2.69. The number of amides is 2. The van der Waals surface area contributed by atoms with E-state index in [1.165, 1.54) is 4.90 Å². The lowest BCUT2D eigenvalue weighted by Gasteiger charge is -2.29. The molecule has 1 N–H and O–H groups in total. The van der Waals surface area contributed by atoms with E-state index >= 15 is 0 Å². The lowest BCUT2D eigenvalue weighted by Crippen LogP contribution is -2.43. The van der Waals surface area contributed by atoms with Crippen LogP contribution in [0, 0.1) is 20.8 Å². The largest absolute Gasteiger partial charge is 0.482 e. The summed E-state index contributed by atoms with van der Waals surface area (Å²) >= 11 is 0. The molecule has 1 aliphatic rings. The Morgan fingerprint density at radius 2 is 1.83 bits per heavy atom. The molecule has 0 spiro atoms. The zero-order valence-electron chi connectivity index (χ0n) is 14.1. The van der Waals surface area contributed by atoms with Gasteiger partial charge in [0.15, 0.2) is 6.61 Å². The Hall–Kier alpha value is -2.82. The lowest BCUT2D eigenvalue weighted by atomic mass is 10.1. The van der Waals surface area contributed by atoms with Crippen molar-refractivity contribution in [3.8, 4) is 5.75 Å². The molecule has 124 valence electrons. The third kappa shape index (κ3) is 3.25. The van der Waals surface area contributed by atoms with Gasteiger partial charge in [0.1, 0.15) is 12.3 Å². The molecule has 1 heterocycles. The minimum absolute atomic E-state index is 0.0357. The molecule has 0 fully saturated rings. The smallest absolute Gasteiger partial charge is 0.265 e. The molecular formula is C19H20N2O3. The molecule has 1 aliphatic heterocycles. The van der Waals surface area contributed by atoms with E-state index in [4.69, 9.17) is 4.74 Å². The highest BCUT2D eigenvalue weighted by Gasteiger charge is 2.27. The molecule has 3 rings (SSSR count). The van der Waals surface area contributed by atoms with Crippen molar-refractivity contribution >= 4 is 23.2 Å². The highest BCUT2D eigenvalue weighted by molar-refractivity contribution is 6.05. The third-order valence-corrected chi connectivity index (χ3v) is 4.03. The standard InChI is InChI=1S/C19H20N2O3/c1-12-4-6-14(3)15(8-12)20-18(22)10-21-16-9-13(2)5-7-17(16)24-11-19(21)23/h4-9H,10-11H2,1-3H3,(H,20,22). The first-order chi connectivity index (χ1) is 11.4. The Kier molecular flexibility index (Phi) is 4.25. The third-order valence-electron chi connectivity index (χ3n) is 4.03. The quantitative estimate of drug-likeness (QED) is 0.944. The van der Waals surface area contributed by atoms with Crippen molar-refractivity contribution < 1.29 is 14.3 Å². The highest BCUT2D eigenvalue weighted by atomic mass is 16.5. The van der Waals surface area contributed by atoms with Gasteiger partial charge in [-0.3, -0.25) is 14.5 Å². The summed E-state index contributed by atoms with van der Waals surface area (Å²) in [5.74, 6) is 0.176. The first kappa shape index (κ1) is 16.1. The number of benzene rings is 2. The maximum atomic E-state index is 12.4. The molecule has 5 heteroatoms. The summed E-state index contributed by atoms with van der Waals surface area (Å²) < 4.78 is 5.43. The van der Waals surface area contributed by atoms with Gasteiger partial charge in [-0.05, 0) is 55.7 Å². The summed E-state index contributed by atoms with van der Waals surface area (Å²) in [6, 6.07) is 11.5. The number of nitrogens with zero attached hydrogens (tertiary/aromatic N) is 1. The van der Waals surface area contributed by atoms with Crippen LogP contribution in [0.4, 0.5) is 11.4 Å². The molecular weight excluding hydrogens is 304 g/mol. The second kappa shape index (κ2) is 6.35. The van der Waals surface area contributed by atoms with Crippen LogP contribution in [0.25, 0.3) is 0 Å². The van der Waals surface area contributed by atoms with Crippen molar-refractivity contribution in [1.82, 2.24) is 0 Å². The molecule has 0 unspecified atom stereocenters. The Bertz CT molecular complexity index is 814. The summed E-state index contributed by atoms with van der Waals surface area (Å²) in [4.78, 5) is 26.1. The van der Waals surface area contributed by atoms with Crippen molar-refractivity contribution in [3.05, 3.63) is 53.1 Å². The summed E-state index contributed by atoms with van der Waals surface area (Å²) in [5.41, 5.74) is 4.47. The van der Waals surface area contributed by atoms with E-state index < -0.39 is 0 Å². The number of carbonyl (C=O) groups excluding carboxylic acids is 2. The lowest BCUT2D eigenvalue weighted by molar-refractivity contribution is -0.123. The van der Waals surface area contributed by atoms with E-state index in [0.29, 0.717) is 11.4 Å². The van der Waals surface area contributed by atoms with Crippen LogP contribution in [0.15, 0.2) is 36.4 Å². The molecule has 2 aromatic carbocycles. The monoisotopic (exact) mass is 324 g/mol. The van der Waals surface area contributed by atoms with Crippen molar-refractivity contribution in [1.29, 1.82) is 0 Å². The number of aryl methyl sites for hydroxylation is 3. The Morgan fingerprint density at radius 1 is 1.12 bits per heavy atom. The molecule has 0 atom stereocenters. The van der Waals surface area contributed by atoms with Gasteiger partial charge in [-0.1, -0.05) is 18.2 Å². The predicted octanol–water partition coefficient (Wildman–Crippen LogP) is 2.98. The van der Waals surface area contributed by atoms with E-state index in [1.54, 1.807) is 0 Å². The van der Waals surface area contributed by atoms with Crippen LogP contribution < -0.4 is 15.0 Å². The molecule has 24 heavy (non-hydrogen) atoms. The van der Waals surface area contributed by atoms with Gasteiger partial charge in [0.2, 0.25) is 5.91 Å². The van der Waals surface area contributed by atoms with Crippen molar-refractivity contribution in [2.24, 2.45) is 0 Å². The molecule has 0 aromatic heterocycles. The number of rotatable bonds is 3. The summed E-state index contributed by atoms with van der Waals surface area (Å²) in [5, 5.41) is 2.89. The van der Waals surface area contributed by atoms with Crippen LogP contribution in [0.5, 0.6) is 5.75 Å². The van der Waals surface area contributed by atoms with Crippen LogP contribution in [-0.4, -0.2) is 25.0 Å².